The van der Waals surface area contributed by atoms with Gasteiger partial charge in [0.2, 0.25) is 0 Å². The lowest BCUT2D eigenvalue weighted by Gasteiger charge is -1.99. The van der Waals surface area contributed by atoms with Gasteiger partial charge in [-0.3, -0.25) is 0 Å². The molecule has 78 valence electrons. The Balaban J connectivity index is 2.54. The topological polar surface area (TPSA) is 66.5 Å². The Morgan fingerprint density at radius 3 is 2.80 bits per heavy atom. The van der Waals surface area contributed by atoms with Gasteiger partial charge < -0.3 is 15.8 Å². The van der Waals surface area contributed by atoms with Crippen molar-refractivity contribution in [2.75, 3.05) is 6.54 Å². The van der Waals surface area contributed by atoms with E-state index in [1.807, 2.05) is 12.1 Å². The van der Waals surface area contributed by atoms with Gasteiger partial charge in [-0.25, -0.2) is 0 Å². The van der Waals surface area contributed by atoms with E-state index in [2.05, 4.69) is 6.07 Å². The summed E-state index contributed by atoms with van der Waals surface area (Å²) in [5, 5.41) is 19.4. The molecule has 0 aliphatic rings. The Hall–Kier alpha value is -0.875. The number of rotatable bonds is 3. The maximum Gasteiger partial charge on any atom is 0.489 e. The van der Waals surface area contributed by atoms with E-state index < -0.39 is 7.12 Å². The average Bonchev–Trinajstić information content (AvgIpc) is 2.59. The van der Waals surface area contributed by atoms with Crippen molar-refractivity contribution in [1.82, 2.24) is 0 Å². The monoisotopic (exact) mass is 221 g/mol. The van der Waals surface area contributed by atoms with Crippen molar-refractivity contribution in [1.29, 1.82) is 0 Å². The zero-order chi connectivity index (χ0) is 10.8. The van der Waals surface area contributed by atoms with Crippen LogP contribution in [-0.2, 0) is 6.42 Å². The van der Waals surface area contributed by atoms with Crippen LogP contribution in [0.15, 0.2) is 24.3 Å². The molecule has 0 saturated carbocycles. The molecule has 1 aromatic carbocycles. The predicted molar refractivity (Wildman–Crippen MR) is 64.4 cm³/mol. The van der Waals surface area contributed by atoms with Crippen molar-refractivity contribution >= 4 is 34.0 Å². The van der Waals surface area contributed by atoms with Crippen molar-refractivity contribution in [2.24, 2.45) is 5.73 Å². The molecule has 5 heteroatoms. The summed E-state index contributed by atoms with van der Waals surface area (Å²) in [7, 11) is -1.40. The molecule has 0 fully saturated rings. The van der Waals surface area contributed by atoms with Gasteiger partial charge in [-0.2, -0.15) is 0 Å². The first-order chi connectivity index (χ1) is 7.22. The highest BCUT2D eigenvalue weighted by Crippen LogP contribution is 2.24. The molecule has 0 aliphatic heterocycles. The highest BCUT2D eigenvalue weighted by molar-refractivity contribution is 7.20. The minimum absolute atomic E-state index is 0.570. The largest absolute Gasteiger partial charge is 0.489 e. The third-order valence-electron chi connectivity index (χ3n) is 2.29. The lowest BCUT2D eigenvalue weighted by atomic mass is 9.80. The quantitative estimate of drug-likeness (QED) is 0.643. The predicted octanol–water partition coefficient (Wildman–Crippen LogP) is 0.0823. The van der Waals surface area contributed by atoms with Gasteiger partial charge >= 0.3 is 7.12 Å². The fourth-order valence-corrected chi connectivity index (χ4v) is 2.81. The van der Waals surface area contributed by atoms with E-state index in [9.17, 15) is 10.0 Å². The van der Waals surface area contributed by atoms with Crippen LogP contribution in [0.25, 0.3) is 10.1 Å². The van der Waals surface area contributed by atoms with E-state index in [1.54, 1.807) is 17.4 Å². The molecule has 2 rings (SSSR count). The minimum Gasteiger partial charge on any atom is -0.423 e. The summed E-state index contributed by atoms with van der Waals surface area (Å²) in [5.74, 6) is 0. The average molecular weight is 221 g/mol. The van der Waals surface area contributed by atoms with Crippen LogP contribution in [0.1, 0.15) is 4.88 Å². The summed E-state index contributed by atoms with van der Waals surface area (Å²) in [6.45, 7) is 0.615. The molecular formula is C10H12BNO2S. The van der Waals surface area contributed by atoms with Gasteiger partial charge in [-0.15, -0.1) is 11.3 Å². The van der Waals surface area contributed by atoms with Crippen LogP contribution in [0.5, 0.6) is 0 Å². The second-order valence-electron chi connectivity index (χ2n) is 3.39. The molecule has 0 aliphatic carbocycles. The highest BCUT2D eigenvalue weighted by Gasteiger charge is 2.15. The van der Waals surface area contributed by atoms with Gasteiger partial charge in [0.1, 0.15) is 0 Å². The summed E-state index contributed by atoms with van der Waals surface area (Å²) in [4.78, 5) is 1.18. The molecule has 0 amide bonds. The van der Waals surface area contributed by atoms with Gasteiger partial charge in [-0.05, 0) is 29.9 Å². The van der Waals surface area contributed by atoms with Crippen molar-refractivity contribution in [2.45, 2.75) is 6.42 Å². The van der Waals surface area contributed by atoms with E-state index in [0.29, 0.717) is 12.0 Å². The van der Waals surface area contributed by atoms with E-state index in [-0.39, 0.29) is 0 Å². The van der Waals surface area contributed by atoms with Crippen molar-refractivity contribution in [3.63, 3.8) is 0 Å². The first-order valence-electron chi connectivity index (χ1n) is 4.80. The molecule has 2 aromatic rings. The molecule has 1 heterocycles. The highest BCUT2D eigenvalue weighted by atomic mass is 32.1. The van der Waals surface area contributed by atoms with Gasteiger partial charge in [-0.1, -0.05) is 18.2 Å². The van der Waals surface area contributed by atoms with Crippen LogP contribution in [0, 0.1) is 0 Å². The fourth-order valence-electron chi connectivity index (χ4n) is 1.61. The second-order valence-corrected chi connectivity index (χ2v) is 4.53. The number of hydrogen-bond acceptors (Lipinski definition) is 4. The Morgan fingerprint density at radius 2 is 2.13 bits per heavy atom. The van der Waals surface area contributed by atoms with Gasteiger partial charge in [0.05, 0.1) is 0 Å². The smallest absolute Gasteiger partial charge is 0.423 e. The maximum absolute atomic E-state index is 9.20. The van der Waals surface area contributed by atoms with E-state index in [4.69, 9.17) is 5.73 Å². The summed E-state index contributed by atoms with van der Waals surface area (Å²) in [5.41, 5.74) is 6.06. The first-order valence-corrected chi connectivity index (χ1v) is 5.61. The molecule has 0 radical (unpaired) electrons. The minimum atomic E-state index is -1.40. The summed E-state index contributed by atoms with van der Waals surface area (Å²) >= 11 is 1.58. The normalized spacial score (nSPS) is 10.9. The van der Waals surface area contributed by atoms with Crippen LogP contribution >= 0.6 is 11.3 Å². The second kappa shape index (κ2) is 4.32. The number of fused-ring (bicyclic) bond motifs is 1. The van der Waals surface area contributed by atoms with Crippen molar-refractivity contribution in [3.8, 4) is 0 Å². The lowest BCUT2D eigenvalue weighted by molar-refractivity contribution is 0.426. The molecular weight excluding hydrogens is 209 g/mol. The third-order valence-corrected chi connectivity index (χ3v) is 3.55. The van der Waals surface area contributed by atoms with Crippen molar-refractivity contribution < 1.29 is 10.0 Å². The van der Waals surface area contributed by atoms with Crippen LogP contribution < -0.4 is 11.2 Å². The van der Waals surface area contributed by atoms with Gasteiger partial charge in [0.25, 0.3) is 0 Å². The molecule has 1 aromatic heterocycles. The fraction of sp³-hybridized carbons (Fsp3) is 0.200. The zero-order valence-electron chi connectivity index (χ0n) is 8.18. The van der Waals surface area contributed by atoms with Crippen molar-refractivity contribution in [3.05, 3.63) is 29.1 Å². The summed E-state index contributed by atoms with van der Waals surface area (Å²) in [6, 6.07) is 7.59. The standard InChI is InChI=1S/C10H12BNO2S/c12-5-4-8-6-7-2-1-3-9(11(13)14)10(7)15-8/h1-3,6,13-14H,4-5,12H2. The Kier molecular flexibility index (Phi) is 3.07. The molecule has 0 bridgehead atoms. The Bertz CT molecular complexity index is 469. The van der Waals surface area contributed by atoms with Crippen LogP contribution in [0.3, 0.4) is 0 Å². The molecule has 0 unspecified atom stereocenters. The summed E-state index contributed by atoms with van der Waals surface area (Å²) < 4.78 is 0.941. The third kappa shape index (κ3) is 2.05. The lowest BCUT2D eigenvalue weighted by Crippen LogP contribution is -2.29. The Morgan fingerprint density at radius 1 is 1.33 bits per heavy atom. The molecule has 3 nitrogen and oxygen atoms in total. The van der Waals surface area contributed by atoms with Crippen LogP contribution in [0.4, 0.5) is 0 Å². The Labute approximate surface area is 92.3 Å². The summed E-state index contributed by atoms with van der Waals surface area (Å²) in [6.07, 6.45) is 0.834. The molecule has 0 spiro atoms. The number of hydrogen-bond donors (Lipinski definition) is 3. The van der Waals surface area contributed by atoms with Gasteiger partial charge in [0, 0.05) is 9.58 Å². The van der Waals surface area contributed by atoms with E-state index in [0.717, 1.165) is 16.5 Å². The molecule has 0 atom stereocenters. The number of benzene rings is 1. The van der Waals surface area contributed by atoms with Crippen LogP contribution in [0.2, 0.25) is 0 Å². The van der Waals surface area contributed by atoms with E-state index in [1.165, 1.54) is 4.88 Å². The van der Waals surface area contributed by atoms with E-state index >= 15 is 0 Å². The van der Waals surface area contributed by atoms with Gasteiger partial charge in [0.15, 0.2) is 0 Å². The van der Waals surface area contributed by atoms with Crippen LogP contribution in [-0.4, -0.2) is 23.7 Å². The maximum atomic E-state index is 9.20. The first kappa shape index (κ1) is 10.6. The number of nitrogens with two attached hydrogens (primary N) is 1. The zero-order valence-corrected chi connectivity index (χ0v) is 9.00. The SMILES string of the molecule is NCCc1cc2cccc(B(O)O)c2s1. The molecule has 0 saturated heterocycles. The number of thiophene rings is 1. The molecule has 4 N–H and O–H groups in total. The molecule has 15 heavy (non-hydrogen) atoms.